The molecule has 26 heavy (non-hydrogen) atoms. The van der Waals surface area contributed by atoms with Crippen molar-refractivity contribution in [2.75, 3.05) is 25.5 Å². The summed E-state index contributed by atoms with van der Waals surface area (Å²) in [5.74, 6) is -2.28. The van der Waals surface area contributed by atoms with E-state index in [0.717, 1.165) is 4.90 Å². The fourth-order valence-electron chi connectivity index (χ4n) is 1.87. The van der Waals surface area contributed by atoms with Crippen molar-refractivity contribution in [2.45, 2.75) is 0 Å². The number of rotatable bonds is 6. The molecular weight excluding hydrogens is 365 g/mol. The van der Waals surface area contributed by atoms with Crippen molar-refractivity contribution >= 4 is 35.1 Å². The van der Waals surface area contributed by atoms with Crippen LogP contribution in [-0.2, 0) is 14.3 Å². The van der Waals surface area contributed by atoms with Crippen LogP contribution < -0.4 is 5.32 Å². The summed E-state index contributed by atoms with van der Waals surface area (Å²) in [7, 11) is 1.39. The number of carbonyl (C=O) groups is 3. The third-order valence-electron chi connectivity index (χ3n) is 3.19. The van der Waals surface area contributed by atoms with Crippen molar-refractivity contribution < 1.29 is 23.5 Å². The SMILES string of the molecule is CN(CC(=O)Nc1ccc(F)cc1)C(=O)COC(=O)c1cc(Cl)ccn1. The van der Waals surface area contributed by atoms with Gasteiger partial charge in [-0.2, -0.15) is 0 Å². The zero-order valence-electron chi connectivity index (χ0n) is 13.7. The van der Waals surface area contributed by atoms with Gasteiger partial charge in [0.2, 0.25) is 5.91 Å². The van der Waals surface area contributed by atoms with Crippen molar-refractivity contribution in [2.24, 2.45) is 0 Å². The first-order chi connectivity index (χ1) is 12.3. The molecule has 0 bridgehead atoms. The van der Waals surface area contributed by atoms with Crippen LogP contribution in [0.15, 0.2) is 42.6 Å². The number of halogens is 2. The standard InChI is InChI=1S/C17H15ClFN3O4/c1-22(9-15(23)21-13-4-2-12(19)3-5-13)16(24)10-26-17(25)14-8-11(18)6-7-20-14/h2-8H,9-10H2,1H3,(H,21,23). The van der Waals surface area contributed by atoms with Gasteiger partial charge in [-0.25, -0.2) is 14.2 Å². The van der Waals surface area contributed by atoms with Crippen LogP contribution in [0.3, 0.4) is 0 Å². The number of benzene rings is 1. The number of esters is 1. The van der Waals surface area contributed by atoms with E-state index < -0.39 is 30.2 Å². The topological polar surface area (TPSA) is 88.6 Å². The number of hydrogen-bond acceptors (Lipinski definition) is 5. The molecular formula is C17H15ClFN3O4. The van der Waals surface area contributed by atoms with Gasteiger partial charge < -0.3 is 15.0 Å². The molecule has 0 radical (unpaired) electrons. The molecule has 0 spiro atoms. The lowest BCUT2D eigenvalue weighted by molar-refractivity contribution is -0.136. The van der Waals surface area contributed by atoms with E-state index in [1.807, 2.05) is 0 Å². The van der Waals surface area contributed by atoms with Gasteiger partial charge in [0.1, 0.15) is 11.5 Å². The molecule has 2 aromatic rings. The van der Waals surface area contributed by atoms with Crippen LogP contribution >= 0.6 is 11.6 Å². The summed E-state index contributed by atoms with van der Waals surface area (Å²) in [5, 5.41) is 2.83. The van der Waals surface area contributed by atoms with Gasteiger partial charge in [-0.3, -0.25) is 9.59 Å². The second kappa shape index (κ2) is 8.91. The number of ether oxygens (including phenoxy) is 1. The quantitative estimate of drug-likeness (QED) is 0.777. The zero-order chi connectivity index (χ0) is 19.1. The molecule has 1 heterocycles. The summed E-state index contributed by atoms with van der Waals surface area (Å²) in [6, 6.07) is 8.01. The summed E-state index contributed by atoms with van der Waals surface area (Å²) in [6.45, 7) is -0.809. The summed E-state index contributed by atoms with van der Waals surface area (Å²) < 4.78 is 17.7. The summed E-state index contributed by atoms with van der Waals surface area (Å²) in [4.78, 5) is 40.5. The molecule has 1 N–H and O–H groups in total. The predicted molar refractivity (Wildman–Crippen MR) is 92.2 cm³/mol. The molecule has 0 unspecified atom stereocenters. The average Bonchev–Trinajstić information content (AvgIpc) is 2.61. The molecule has 0 aliphatic carbocycles. The smallest absolute Gasteiger partial charge is 0.357 e. The maximum absolute atomic E-state index is 12.8. The normalized spacial score (nSPS) is 10.1. The average molecular weight is 380 g/mol. The lowest BCUT2D eigenvalue weighted by Gasteiger charge is -2.16. The molecule has 2 amide bonds. The fourth-order valence-corrected chi connectivity index (χ4v) is 2.02. The van der Waals surface area contributed by atoms with Crippen LogP contribution in [0.4, 0.5) is 10.1 Å². The Kier molecular flexibility index (Phi) is 6.62. The minimum absolute atomic E-state index is 0.0259. The van der Waals surface area contributed by atoms with Gasteiger partial charge in [0.15, 0.2) is 6.61 Å². The van der Waals surface area contributed by atoms with Crippen LogP contribution in [-0.4, -0.2) is 47.9 Å². The van der Waals surface area contributed by atoms with Gasteiger partial charge in [0.25, 0.3) is 5.91 Å². The van der Waals surface area contributed by atoms with Gasteiger partial charge >= 0.3 is 5.97 Å². The summed E-state index contributed by atoms with van der Waals surface area (Å²) >= 11 is 5.75. The van der Waals surface area contributed by atoms with E-state index in [9.17, 15) is 18.8 Å². The number of aromatic nitrogens is 1. The lowest BCUT2D eigenvalue weighted by atomic mass is 10.3. The molecule has 0 saturated heterocycles. The first-order valence-corrected chi connectivity index (χ1v) is 7.81. The molecule has 136 valence electrons. The van der Waals surface area contributed by atoms with Crippen molar-refractivity contribution in [3.05, 3.63) is 59.1 Å². The molecule has 1 aromatic heterocycles. The van der Waals surface area contributed by atoms with Crippen LogP contribution in [0.25, 0.3) is 0 Å². The minimum atomic E-state index is -0.801. The molecule has 0 atom stereocenters. The van der Waals surface area contributed by atoms with Gasteiger partial charge in [-0.15, -0.1) is 0 Å². The van der Waals surface area contributed by atoms with E-state index in [0.29, 0.717) is 10.7 Å². The lowest BCUT2D eigenvalue weighted by Crippen LogP contribution is -2.37. The molecule has 0 aliphatic rings. The zero-order valence-corrected chi connectivity index (χ0v) is 14.5. The largest absolute Gasteiger partial charge is 0.451 e. The van der Waals surface area contributed by atoms with E-state index in [2.05, 4.69) is 10.3 Å². The van der Waals surface area contributed by atoms with E-state index in [-0.39, 0.29) is 12.2 Å². The Balaban J connectivity index is 1.80. The number of carbonyl (C=O) groups excluding carboxylic acids is 3. The van der Waals surface area contributed by atoms with E-state index in [1.54, 1.807) is 0 Å². The van der Waals surface area contributed by atoms with Crippen LogP contribution in [0.1, 0.15) is 10.5 Å². The number of pyridine rings is 1. The molecule has 1 aromatic carbocycles. The molecule has 7 nitrogen and oxygen atoms in total. The maximum atomic E-state index is 12.8. The van der Waals surface area contributed by atoms with Gasteiger partial charge in [-0.1, -0.05) is 11.6 Å². The first-order valence-electron chi connectivity index (χ1n) is 7.43. The second-order valence-corrected chi connectivity index (χ2v) is 5.68. The fraction of sp³-hybridized carbons (Fsp3) is 0.176. The molecule has 0 aliphatic heterocycles. The van der Waals surface area contributed by atoms with Crippen molar-refractivity contribution in [3.63, 3.8) is 0 Å². The van der Waals surface area contributed by atoms with Crippen LogP contribution in [0, 0.1) is 5.82 Å². The highest BCUT2D eigenvalue weighted by Crippen LogP contribution is 2.09. The Morgan fingerprint density at radius 1 is 1.23 bits per heavy atom. The monoisotopic (exact) mass is 379 g/mol. The second-order valence-electron chi connectivity index (χ2n) is 5.24. The Morgan fingerprint density at radius 2 is 1.92 bits per heavy atom. The number of anilines is 1. The number of amides is 2. The number of hydrogen-bond donors (Lipinski definition) is 1. The third-order valence-corrected chi connectivity index (χ3v) is 3.43. The van der Waals surface area contributed by atoms with E-state index >= 15 is 0 Å². The maximum Gasteiger partial charge on any atom is 0.357 e. The van der Waals surface area contributed by atoms with Crippen LogP contribution in [0.5, 0.6) is 0 Å². The highest BCUT2D eigenvalue weighted by Gasteiger charge is 2.17. The summed E-state index contributed by atoms with van der Waals surface area (Å²) in [5.41, 5.74) is 0.373. The Morgan fingerprint density at radius 3 is 2.58 bits per heavy atom. The van der Waals surface area contributed by atoms with Crippen molar-refractivity contribution in [1.29, 1.82) is 0 Å². The highest BCUT2D eigenvalue weighted by atomic mass is 35.5. The van der Waals surface area contributed by atoms with E-state index in [4.69, 9.17) is 16.3 Å². The number of likely N-dealkylation sites (N-methyl/N-ethyl adjacent to an activating group) is 1. The van der Waals surface area contributed by atoms with E-state index in [1.165, 1.54) is 49.6 Å². The minimum Gasteiger partial charge on any atom is -0.451 e. The van der Waals surface area contributed by atoms with Gasteiger partial charge in [0, 0.05) is 24.0 Å². The number of nitrogens with zero attached hydrogens (tertiary/aromatic N) is 2. The molecule has 2 rings (SSSR count). The van der Waals surface area contributed by atoms with Crippen LogP contribution in [0.2, 0.25) is 5.02 Å². The molecule has 0 fully saturated rings. The Hall–Kier alpha value is -3.00. The van der Waals surface area contributed by atoms with Crippen molar-refractivity contribution in [3.8, 4) is 0 Å². The predicted octanol–water partition coefficient (Wildman–Crippen LogP) is 2.13. The van der Waals surface area contributed by atoms with Gasteiger partial charge in [0.05, 0.1) is 6.54 Å². The number of nitrogens with one attached hydrogen (secondary N) is 1. The third kappa shape index (κ3) is 5.82. The first kappa shape index (κ1) is 19.3. The molecule has 0 saturated carbocycles. The highest BCUT2D eigenvalue weighted by molar-refractivity contribution is 6.30. The Labute approximate surface area is 153 Å². The van der Waals surface area contributed by atoms with Crippen molar-refractivity contribution in [1.82, 2.24) is 9.88 Å². The Bertz CT molecular complexity index is 814. The van der Waals surface area contributed by atoms with Gasteiger partial charge in [-0.05, 0) is 36.4 Å². The molecule has 9 heteroatoms. The summed E-state index contributed by atoms with van der Waals surface area (Å²) in [6.07, 6.45) is 1.34.